The summed E-state index contributed by atoms with van der Waals surface area (Å²) < 4.78 is 0. The molecule has 2 aliphatic heterocycles. The van der Waals surface area contributed by atoms with E-state index in [2.05, 4.69) is 10.6 Å². The third-order valence-electron chi connectivity index (χ3n) is 4.12. The molecule has 0 bridgehead atoms. The van der Waals surface area contributed by atoms with Crippen LogP contribution in [0.3, 0.4) is 0 Å². The summed E-state index contributed by atoms with van der Waals surface area (Å²) in [4.78, 5) is 26.3. The maximum atomic E-state index is 12.3. The van der Waals surface area contributed by atoms with E-state index in [0.29, 0.717) is 6.42 Å². The predicted octanol–water partition coefficient (Wildman–Crippen LogP) is 1.53. The van der Waals surface area contributed by atoms with Gasteiger partial charge in [-0.2, -0.15) is 0 Å². The molecule has 118 valence electrons. The summed E-state index contributed by atoms with van der Waals surface area (Å²) in [6.07, 6.45) is 1.21. The van der Waals surface area contributed by atoms with E-state index in [1.807, 2.05) is 35.2 Å². The van der Waals surface area contributed by atoms with Gasteiger partial charge >= 0.3 is 0 Å². The molecule has 0 aliphatic carbocycles. The van der Waals surface area contributed by atoms with Crippen LogP contribution in [0.5, 0.6) is 0 Å². The second kappa shape index (κ2) is 7.15. The van der Waals surface area contributed by atoms with Gasteiger partial charge in [0.15, 0.2) is 0 Å². The number of amides is 2. The molecule has 0 radical (unpaired) electrons. The van der Waals surface area contributed by atoms with Gasteiger partial charge in [-0.05, 0) is 31.0 Å². The van der Waals surface area contributed by atoms with Gasteiger partial charge in [0.05, 0.1) is 11.9 Å². The third kappa shape index (κ3) is 3.81. The summed E-state index contributed by atoms with van der Waals surface area (Å²) in [5, 5.41) is 6.17. The van der Waals surface area contributed by atoms with Gasteiger partial charge < -0.3 is 15.5 Å². The lowest BCUT2D eigenvalue weighted by molar-refractivity contribution is -0.131. The Morgan fingerprint density at radius 3 is 2.86 bits per heavy atom. The molecule has 0 spiro atoms. The smallest absolute Gasteiger partial charge is 0.240 e. The number of nitrogens with one attached hydrogen (secondary N) is 2. The Labute approximate surface area is 134 Å². The van der Waals surface area contributed by atoms with Gasteiger partial charge in [0.2, 0.25) is 11.8 Å². The van der Waals surface area contributed by atoms with Crippen LogP contribution in [0.15, 0.2) is 30.3 Å². The average Bonchev–Trinajstić information content (AvgIpc) is 3.19. The number of hydrogen-bond acceptors (Lipinski definition) is 4. The number of rotatable bonds is 4. The molecule has 22 heavy (non-hydrogen) atoms. The number of para-hydroxylation sites is 1. The molecule has 2 amide bonds. The van der Waals surface area contributed by atoms with Gasteiger partial charge in [0, 0.05) is 24.4 Å². The van der Waals surface area contributed by atoms with Crippen LogP contribution in [0.4, 0.5) is 5.69 Å². The molecule has 0 aromatic heterocycles. The van der Waals surface area contributed by atoms with Gasteiger partial charge in [0.25, 0.3) is 0 Å². The average molecular weight is 319 g/mol. The molecular formula is C16H21N3O2S. The zero-order valence-corrected chi connectivity index (χ0v) is 13.3. The molecule has 2 aliphatic rings. The van der Waals surface area contributed by atoms with Gasteiger partial charge in [-0.3, -0.25) is 9.59 Å². The summed E-state index contributed by atoms with van der Waals surface area (Å²) in [6.45, 7) is 1.58. The molecule has 3 rings (SSSR count). The van der Waals surface area contributed by atoms with Gasteiger partial charge in [-0.25, -0.2) is 0 Å². The Balaban J connectivity index is 1.46. The van der Waals surface area contributed by atoms with Crippen LogP contribution in [0.2, 0.25) is 0 Å². The van der Waals surface area contributed by atoms with Crippen LogP contribution >= 0.6 is 11.8 Å². The number of carbonyl (C=O) groups is 2. The normalized spacial score (nSPS) is 24.5. The van der Waals surface area contributed by atoms with Crippen molar-refractivity contribution in [2.45, 2.75) is 18.9 Å². The fourth-order valence-electron chi connectivity index (χ4n) is 2.96. The molecule has 2 heterocycles. The molecule has 2 N–H and O–H groups in total. The van der Waals surface area contributed by atoms with E-state index in [0.717, 1.165) is 36.8 Å². The van der Waals surface area contributed by atoms with Crippen molar-refractivity contribution < 1.29 is 9.59 Å². The molecule has 2 fully saturated rings. The highest BCUT2D eigenvalue weighted by Gasteiger charge is 2.34. The molecule has 1 aromatic rings. The van der Waals surface area contributed by atoms with Crippen molar-refractivity contribution in [3.63, 3.8) is 0 Å². The SMILES string of the molecule is O=C(CC1CN[C@H](C(=O)N2CCSC2)C1)Nc1ccccc1. The van der Waals surface area contributed by atoms with Crippen molar-refractivity contribution in [1.29, 1.82) is 0 Å². The lowest BCUT2D eigenvalue weighted by Crippen LogP contribution is -2.42. The minimum absolute atomic E-state index is 0.0165. The lowest BCUT2D eigenvalue weighted by atomic mass is 10.0. The predicted molar refractivity (Wildman–Crippen MR) is 88.6 cm³/mol. The number of carbonyl (C=O) groups excluding carboxylic acids is 2. The highest BCUT2D eigenvalue weighted by molar-refractivity contribution is 7.99. The number of hydrogen-bond donors (Lipinski definition) is 2. The maximum Gasteiger partial charge on any atom is 0.240 e. The van der Waals surface area contributed by atoms with Crippen LogP contribution in [-0.2, 0) is 9.59 Å². The first-order valence-corrected chi connectivity index (χ1v) is 8.82. The standard InChI is InChI=1S/C16H21N3O2S/c20-15(18-13-4-2-1-3-5-13)9-12-8-14(17-10-12)16(21)19-6-7-22-11-19/h1-5,12,14,17H,6-11H2,(H,18,20)/t12?,14-/m0/s1. The summed E-state index contributed by atoms with van der Waals surface area (Å²) in [7, 11) is 0. The molecule has 0 saturated carbocycles. The van der Waals surface area contributed by atoms with Crippen LogP contribution in [0, 0.1) is 5.92 Å². The fourth-order valence-corrected chi connectivity index (χ4v) is 3.91. The Hall–Kier alpha value is -1.53. The highest BCUT2D eigenvalue weighted by Crippen LogP contribution is 2.22. The van der Waals surface area contributed by atoms with E-state index >= 15 is 0 Å². The molecule has 2 saturated heterocycles. The quantitative estimate of drug-likeness (QED) is 0.883. The van der Waals surface area contributed by atoms with Crippen molar-refractivity contribution in [3.8, 4) is 0 Å². The summed E-state index contributed by atoms with van der Waals surface area (Å²) >= 11 is 1.80. The highest BCUT2D eigenvalue weighted by atomic mass is 32.2. The Kier molecular flexibility index (Phi) is 5.00. The van der Waals surface area contributed by atoms with Crippen molar-refractivity contribution >= 4 is 29.3 Å². The van der Waals surface area contributed by atoms with Crippen molar-refractivity contribution in [3.05, 3.63) is 30.3 Å². The zero-order chi connectivity index (χ0) is 15.4. The van der Waals surface area contributed by atoms with Crippen LogP contribution in [0.1, 0.15) is 12.8 Å². The second-order valence-corrected chi connectivity index (χ2v) is 6.89. The van der Waals surface area contributed by atoms with Crippen LogP contribution in [-0.4, -0.2) is 47.5 Å². The summed E-state index contributed by atoms with van der Waals surface area (Å²) in [5.74, 6) is 2.27. The number of benzene rings is 1. The Morgan fingerprint density at radius 2 is 2.14 bits per heavy atom. The number of nitrogens with zero attached hydrogens (tertiary/aromatic N) is 1. The minimum Gasteiger partial charge on any atom is -0.331 e. The molecule has 1 aromatic carbocycles. The van der Waals surface area contributed by atoms with Gasteiger partial charge in [0.1, 0.15) is 0 Å². The van der Waals surface area contributed by atoms with E-state index in [4.69, 9.17) is 0 Å². The van der Waals surface area contributed by atoms with E-state index in [-0.39, 0.29) is 23.8 Å². The fraction of sp³-hybridized carbons (Fsp3) is 0.500. The van der Waals surface area contributed by atoms with Crippen molar-refractivity contribution in [2.24, 2.45) is 5.92 Å². The van der Waals surface area contributed by atoms with Crippen molar-refractivity contribution in [1.82, 2.24) is 10.2 Å². The van der Waals surface area contributed by atoms with Gasteiger partial charge in [-0.15, -0.1) is 11.8 Å². The first-order valence-electron chi connectivity index (χ1n) is 7.67. The summed E-state index contributed by atoms with van der Waals surface area (Å²) in [6, 6.07) is 9.35. The molecule has 2 atom stereocenters. The summed E-state index contributed by atoms with van der Waals surface area (Å²) in [5.41, 5.74) is 0.820. The minimum atomic E-state index is -0.117. The first-order chi connectivity index (χ1) is 10.7. The van der Waals surface area contributed by atoms with E-state index in [9.17, 15) is 9.59 Å². The first kappa shape index (κ1) is 15.4. The van der Waals surface area contributed by atoms with Crippen LogP contribution < -0.4 is 10.6 Å². The largest absolute Gasteiger partial charge is 0.331 e. The topological polar surface area (TPSA) is 61.4 Å². The van der Waals surface area contributed by atoms with Gasteiger partial charge in [-0.1, -0.05) is 18.2 Å². The van der Waals surface area contributed by atoms with Crippen LogP contribution in [0.25, 0.3) is 0 Å². The Bertz CT molecular complexity index is 531. The van der Waals surface area contributed by atoms with E-state index < -0.39 is 0 Å². The third-order valence-corrected chi connectivity index (χ3v) is 5.08. The Morgan fingerprint density at radius 1 is 1.32 bits per heavy atom. The maximum absolute atomic E-state index is 12.3. The molecule has 5 nitrogen and oxygen atoms in total. The monoisotopic (exact) mass is 319 g/mol. The molecule has 1 unspecified atom stereocenters. The van der Waals surface area contributed by atoms with Crippen molar-refractivity contribution in [2.75, 3.05) is 30.0 Å². The zero-order valence-electron chi connectivity index (χ0n) is 12.5. The molecular weight excluding hydrogens is 298 g/mol. The lowest BCUT2D eigenvalue weighted by Gasteiger charge is -2.19. The van der Waals surface area contributed by atoms with E-state index in [1.165, 1.54) is 0 Å². The second-order valence-electron chi connectivity index (χ2n) is 5.82. The van der Waals surface area contributed by atoms with E-state index in [1.54, 1.807) is 11.8 Å². The molecule has 6 heteroatoms. The number of anilines is 1. The number of thioether (sulfide) groups is 1.